The van der Waals surface area contributed by atoms with Gasteiger partial charge in [0, 0.05) is 64.2 Å². The van der Waals surface area contributed by atoms with Crippen molar-refractivity contribution in [2.45, 2.75) is 250 Å². The van der Waals surface area contributed by atoms with Gasteiger partial charge in [0.2, 0.25) is 17.7 Å². The van der Waals surface area contributed by atoms with E-state index in [9.17, 15) is 24.0 Å². The van der Waals surface area contributed by atoms with Gasteiger partial charge in [-0.2, -0.15) is 0 Å². The van der Waals surface area contributed by atoms with E-state index < -0.39 is 5.41 Å². The van der Waals surface area contributed by atoms with E-state index in [-0.39, 0.29) is 46.5 Å². The second kappa shape index (κ2) is 48.7. The highest BCUT2D eigenvalue weighted by molar-refractivity contribution is 5.95. The van der Waals surface area contributed by atoms with Crippen molar-refractivity contribution in [1.29, 1.82) is 0 Å². The molecule has 95 heavy (non-hydrogen) atoms. The second-order valence-electron chi connectivity index (χ2n) is 27.6. The minimum atomic E-state index is -0.489. The molecule has 12 nitrogen and oxygen atoms in total. The van der Waals surface area contributed by atoms with E-state index >= 15 is 0 Å². The van der Waals surface area contributed by atoms with Gasteiger partial charge in [-0.15, -0.1) is 0 Å². The maximum Gasteiger partial charge on any atom is 0.314 e. The van der Waals surface area contributed by atoms with Gasteiger partial charge < -0.3 is 37.2 Å². The maximum atomic E-state index is 13.9. The summed E-state index contributed by atoms with van der Waals surface area (Å²) in [7, 11) is 1.62. The zero-order valence-electron chi connectivity index (χ0n) is 62.0. The highest BCUT2D eigenvalue weighted by Gasteiger charge is 2.36. The third-order valence-electron chi connectivity index (χ3n) is 19.2. The normalized spacial score (nSPS) is 13.0. The largest absolute Gasteiger partial charge is 0.356 e. The van der Waals surface area contributed by atoms with E-state index in [1.165, 1.54) is 53.1 Å². The fraction of sp³-hybridized carbons (Fsp3) is 0.578. The lowest BCUT2D eigenvalue weighted by atomic mass is 9.72. The standard InChI is InChI=1S/C43H55NO.C18H29NO.C17H36N4O2.C5H11NO/c1-8-32(3)36-22-24-37(25-23-36)33(4)28-39(38-18-14-11-15-19-38)31-43(7,9-2)41(45)44-40-26-20-35(21-27-40)30-42(5,6)29-34-16-12-10-13-17-34;1-3-5-7-12-18(20)19-14-13-16(4-2)15-17-10-8-6-9-11-17;1-5-8-9-12-19-16(23)21-14-11-17(6-2,7-3)10-13-20-15(22)18-4;1-3-4-6-5(2)7/h10-27,32-33,39H,8-9,28-31H2,1-7H3,(H,44,45);6,8-11,16H,3-5,7,12-15H2,1-2H3,(H,19,20);5-14H2,1-4H3,(H2,18,20,22)(H2,19,21,23);3-4H2,1-2H3,(H,6,7). The Morgan fingerprint density at radius 1 is 0.474 bits per heavy atom. The highest BCUT2D eigenvalue weighted by Crippen LogP contribution is 2.41. The molecule has 0 saturated carbocycles. The summed E-state index contributed by atoms with van der Waals surface area (Å²) < 4.78 is 0. The van der Waals surface area contributed by atoms with E-state index in [2.05, 4.69) is 260 Å². The summed E-state index contributed by atoms with van der Waals surface area (Å²) >= 11 is 0. The van der Waals surface area contributed by atoms with Gasteiger partial charge in [0.05, 0.1) is 0 Å². The van der Waals surface area contributed by atoms with Gasteiger partial charge in [0.25, 0.3) is 0 Å². The zero-order valence-corrected chi connectivity index (χ0v) is 62.0. The summed E-state index contributed by atoms with van der Waals surface area (Å²) in [6.45, 7) is 33.9. The summed E-state index contributed by atoms with van der Waals surface area (Å²) in [6, 6.07) is 49.6. The Bertz CT molecular complexity index is 2810. The Morgan fingerprint density at radius 3 is 1.48 bits per heavy atom. The Kier molecular flexibility index (Phi) is 43.1. The predicted octanol–water partition coefficient (Wildman–Crippen LogP) is 19.6. The van der Waals surface area contributed by atoms with Crippen LogP contribution in [-0.4, -0.2) is 69.6 Å². The van der Waals surface area contributed by atoms with Gasteiger partial charge in [-0.05, 0) is 163 Å². The molecule has 0 radical (unpaired) electrons. The van der Waals surface area contributed by atoms with E-state index in [0.29, 0.717) is 37.3 Å². The molecule has 0 aliphatic heterocycles. The number of hydrogen-bond donors (Lipinski definition) is 7. The lowest BCUT2D eigenvalue weighted by Gasteiger charge is -2.33. The Hall–Kier alpha value is -6.95. The molecule has 7 N–H and O–H groups in total. The molecule has 0 heterocycles. The fourth-order valence-electron chi connectivity index (χ4n) is 12.1. The van der Waals surface area contributed by atoms with Crippen molar-refractivity contribution in [3.05, 3.63) is 173 Å². The molecule has 5 aromatic carbocycles. The monoisotopic (exact) mass is 1310 g/mol. The smallest absolute Gasteiger partial charge is 0.314 e. The van der Waals surface area contributed by atoms with Gasteiger partial charge >= 0.3 is 12.1 Å². The van der Waals surface area contributed by atoms with Crippen LogP contribution in [0.15, 0.2) is 140 Å². The molecule has 5 unspecified atom stereocenters. The number of carbonyl (C=O) groups is 5. The van der Waals surface area contributed by atoms with Crippen molar-refractivity contribution < 1.29 is 24.0 Å². The first-order chi connectivity index (χ1) is 45.6. The van der Waals surface area contributed by atoms with Crippen LogP contribution in [-0.2, 0) is 33.6 Å². The molecule has 0 bridgehead atoms. The third-order valence-corrected chi connectivity index (χ3v) is 19.2. The van der Waals surface area contributed by atoms with Crippen LogP contribution in [0.2, 0.25) is 0 Å². The average molecular weight is 1310 g/mol. The minimum absolute atomic E-state index is 0.0573. The van der Waals surface area contributed by atoms with Crippen molar-refractivity contribution in [1.82, 2.24) is 31.9 Å². The molecule has 12 heteroatoms. The van der Waals surface area contributed by atoms with Crippen molar-refractivity contribution >= 4 is 35.5 Å². The number of nitrogens with one attached hydrogen (secondary N) is 7. The van der Waals surface area contributed by atoms with Crippen LogP contribution in [0.5, 0.6) is 0 Å². The first kappa shape index (κ1) is 84.1. The quantitative estimate of drug-likeness (QED) is 0.0194. The van der Waals surface area contributed by atoms with E-state index in [4.69, 9.17) is 0 Å². The molecule has 5 rings (SSSR count). The summed E-state index contributed by atoms with van der Waals surface area (Å²) in [5.41, 5.74) is 8.85. The number of hydrogen-bond acceptors (Lipinski definition) is 5. The Balaban J connectivity index is 0.000000512. The molecule has 0 aliphatic rings. The average Bonchev–Trinajstić information content (AvgIpc) is 0.832. The molecule has 0 fully saturated rings. The lowest BCUT2D eigenvalue weighted by molar-refractivity contribution is -0.125. The molecule has 0 aromatic heterocycles. The van der Waals surface area contributed by atoms with E-state index in [0.717, 1.165) is 141 Å². The third kappa shape index (κ3) is 36.1. The van der Waals surface area contributed by atoms with Crippen LogP contribution in [0.4, 0.5) is 15.3 Å². The number of unbranched alkanes of at least 4 members (excludes halogenated alkanes) is 4. The van der Waals surface area contributed by atoms with Crippen LogP contribution in [0.1, 0.15) is 264 Å². The Labute approximate surface area is 578 Å². The molecule has 5 atom stereocenters. The summed E-state index contributed by atoms with van der Waals surface area (Å²) in [6.07, 6.45) is 21.4. The molecule has 7 amide bonds. The maximum absolute atomic E-state index is 13.9. The predicted molar refractivity (Wildman–Crippen MR) is 403 cm³/mol. The SMILES string of the molecule is CCC(C)c1ccc(C(C)CC(CC(C)(CC)C(=O)Nc2ccc(CC(C)(C)Cc3ccccc3)cc2)c2ccccc2)cc1.CCCCCC(=O)NCCC(CC)Cc1ccccc1.CCCCCNC(=O)NCCC(CC)(CC)CCNC(=O)NC.CCCNC(C)=O. The molecule has 5 aromatic rings. The van der Waals surface area contributed by atoms with Gasteiger partial charge in [-0.1, -0.05) is 262 Å². The fourth-order valence-corrected chi connectivity index (χ4v) is 12.1. The van der Waals surface area contributed by atoms with Crippen molar-refractivity contribution in [3.63, 3.8) is 0 Å². The van der Waals surface area contributed by atoms with Crippen LogP contribution in [0.3, 0.4) is 0 Å². The molecular formula is C83H131N7O5. The molecule has 0 aliphatic carbocycles. The number of anilines is 1. The molecule has 0 spiro atoms. The molecular weight excluding hydrogens is 1170 g/mol. The molecule has 528 valence electrons. The number of benzene rings is 5. The van der Waals surface area contributed by atoms with Crippen molar-refractivity contribution in [2.75, 3.05) is 45.1 Å². The van der Waals surface area contributed by atoms with Crippen LogP contribution < -0.4 is 37.2 Å². The van der Waals surface area contributed by atoms with Crippen LogP contribution in [0.25, 0.3) is 0 Å². The first-order valence-electron chi connectivity index (χ1n) is 36.7. The number of urea groups is 2. The Morgan fingerprint density at radius 2 is 0.989 bits per heavy atom. The molecule has 0 saturated heterocycles. The van der Waals surface area contributed by atoms with Crippen LogP contribution >= 0.6 is 0 Å². The first-order valence-corrected chi connectivity index (χ1v) is 36.7. The van der Waals surface area contributed by atoms with Crippen molar-refractivity contribution in [3.8, 4) is 0 Å². The lowest BCUT2D eigenvalue weighted by Crippen LogP contribution is -2.39. The number of amides is 7. The van der Waals surface area contributed by atoms with Crippen molar-refractivity contribution in [2.24, 2.45) is 22.2 Å². The number of carbonyl (C=O) groups excluding carboxylic acids is 5. The highest BCUT2D eigenvalue weighted by atomic mass is 16.2. The van der Waals surface area contributed by atoms with E-state index in [1.807, 2.05) is 6.92 Å². The van der Waals surface area contributed by atoms with Crippen LogP contribution in [0, 0.1) is 22.2 Å². The zero-order chi connectivity index (χ0) is 70.3. The van der Waals surface area contributed by atoms with Gasteiger partial charge in [0.15, 0.2) is 0 Å². The second-order valence-corrected chi connectivity index (χ2v) is 27.6. The minimum Gasteiger partial charge on any atom is -0.356 e. The van der Waals surface area contributed by atoms with Gasteiger partial charge in [-0.3, -0.25) is 14.4 Å². The summed E-state index contributed by atoms with van der Waals surface area (Å²) in [5, 5.41) is 20.2. The topological polar surface area (TPSA) is 170 Å². The van der Waals surface area contributed by atoms with E-state index in [1.54, 1.807) is 7.05 Å². The van der Waals surface area contributed by atoms with Gasteiger partial charge in [-0.25, -0.2) is 9.59 Å². The van der Waals surface area contributed by atoms with Gasteiger partial charge in [0.1, 0.15) is 0 Å². The summed E-state index contributed by atoms with van der Waals surface area (Å²) in [5.74, 6) is 2.29. The number of rotatable bonds is 39. The summed E-state index contributed by atoms with van der Waals surface area (Å²) in [4.78, 5) is 58.6.